The topological polar surface area (TPSA) is 40.7 Å². The van der Waals surface area contributed by atoms with Gasteiger partial charge < -0.3 is 10.3 Å². The molecule has 0 saturated carbocycles. The van der Waals surface area contributed by atoms with Crippen molar-refractivity contribution in [1.82, 2.24) is 15.3 Å². The number of aromatic amines is 1. The molecule has 0 spiro atoms. The van der Waals surface area contributed by atoms with Crippen molar-refractivity contribution in [2.24, 2.45) is 0 Å². The number of rotatable bonds is 4. The Morgan fingerprint density at radius 2 is 2.64 bits per heavy atom. The number of nitrogens with one attached hydrogen (secondary N) is 2. The first-order valence-corrected chi connectivity index (χ1v) is 4.24. The lowest BCUT2D eigenvalue weighted by Crippen LogP contribution is -2.18. The van der Waals surface area contributed by atoms with Gasteiger partial charge in [0.15, 0.2) is 0 Å². The molecule has 1 aromatic rings. The molecule has 1 aromatic heterocycles. The third kappa shape index (κ3) is 2.55. The molecule has 0 amide bonds. The maximum atomic E-state index is 4.36. The molecule has 0 aliphatic heterocycles. The first-order valence-electron chi connectivity index (χ1n) is 3.72. The van der Waals surface area contributed by atoms with E-state index in [9.17, 15) is 0 Å². The van der Waals surface area contributed by atoms with Crippen LogP contribution in [0.25, 0.3) is 0 Å². The predicted molar refractivity (Wildman–Crippen MR) is 48.9 cm³/mol. The highest BCUT2D eigenvalue weighted by Crippen LogP contribution is 2.12. The van der Waals surface area contributed by atoms with Crippen LogP contribution in [0.2, 0.25) is 0 Å². The number of nitrogens with zero attached hydrogens (tertiary/aromatic N) is 1. The number of hydrogen-bond donors (Lipinski definition) is 3. The number of imidazole rings is 1. The van der Waals surface area contributed by atoms with Crippen LogP contribution in [0.1, 0.15) is 18.0 Å². The zero-order valence-electron chi connectivity index (χ0n) is 6.54. The summed E-state index contributed by atoms with van der Waals surface area (Å²) in [4.78, 5) is 7.12. The second-order valence-corrected chi connectivity index (χ2v) is 2.92. The smallest absolute Gasteiger partial charge is 0.120 e. The summed E-state index contributed by atoms with van der Waals surface area (Å²) in [6.07, 6.45) is 3.55. The van der Waals surface area contributed by atoms with Crippen molar-refractivity contribution in [3.63, 3.8) is 0 Å². The molecule has 1 rings (SSSR count). The maximum Gasteiger partial charge on any atom is 0.120 e. The minimum atomic E-state index is 0.171. The first-order chi connectivity index (χ1) is 5.34. The molecule has 0 aromatic carbocycles. The highest BCUT2D eigenvalue weighted by molar-refractivity contribution is 7.80. The molecular weight excluding hydrogens is 158 g/mol. The highest BCUT2D eigenvalue weighted by Gasteiger charge is 2.06. The van der Waals surface area contributed by atoms with E-state index in [1.165, 1.54) is 0 Å². The van der Waals surface area contributed by atoms with Gasteiger partial charge in [-0.1, -0.05) is 6.92 Å². The Labute approximate surface area is 72.0 Å². The summed E-state index contributed by atoms with van der Waals surface area (Å²) in [5, 5.41) is 3.37. The second kappa shape index (κ2) is 4.41. The van der Waals surface area contributed by atoms with E-state index in [0.29, 0.717) is 0 Å². The molecule has 0 fully saturated rings. The number of aromatic nitrogens is 2. The van der Waals surface area contributed by atoms with E-state index < -0.39 is 0 Å². The van der Waals surface area contributed by atoms with Crippen LogP contribution in [0, 0.1) is 0 Å². The zero-order chi connectivity index (χ0) is 8.10. The van der Waals surface area contributed by atoms with Crippen LogP contribution < -0.4 is 5.32 Å². The van der Waals surface area contributed by atoms with Crippen molar-refractivity contribution in [2.45, 2.75) is 12.2 Å². The molecule has 0 radical (unpaired) electrons. The van der Waals surface area contributed by atoms with Gasteiger partial charge in [0.1, 0.15) is 5.82 Å². The SMILES string of the molecule is CCNCC(S)c1ncc[nH]1. The molecule has 0 aliphatic rings. The molecule has 1 heterocycles. The summed E-state index contributed by atoms with van der Waals surface area (Å²) < 4.78 is 0. The molecule has 0 bridgehead atoms. The van der Waals surface area contributed by atoms with Crippen molar-refractivity contribution in [3.8, 4) is 0 Å². The molecule has 11 heavy (non-hydrogen) atoms. The third-order valence-electron chi connectivity index (χ3n) is 1.42. The van der Waals surface area contributed by atoms with E-state index in [2.05, 4.69) is 34.8 Å². The Hall–Kier alpha value is -0.480. The summed E-state index contributed by atoms with van der Waals surface area (Å²) in [5.74, 6) is 0.925. The monoisotopic (exact) mass is 171 g/mol. The minimum Gasteiger partial charge on any atom is -0.348 e. The molecule has 2 N–H and O–H groups in total. The van der Waals surface area contributed by atoms with Crippen LogP contribution in [0.4, 0.5) is 0 Å². The second-order valence-electron chi connectivity index (χ2n) is 2.30. The van der Waals surface area contributed by atoms with Gasteiger partial charge in [-0.15, -0.1) is 0 Å². The van der Waals surface area contributed by atoms with Crippen molar-refractivity contribution in [3.05, 3.63) is 18.2 Å². The lowest BCUT2D eigenvalue weighted by Gasteiger charge is -2.06. The fourth-order valence-electron chi connectivity index (χ4n) is 0.837. The number of H-pyrrole nitrogens is 1. The number of thiol groups is 1. The summed E-state index contributed by atoms with van der Waals surface area (Å²) in [7, 11) is 0. The number of hydrogen-bond acceptors (Lipinski definition) is 3. The van der Waals surface area contributed by atoms with Crippen molar-refractivity contribution in [1.29, 1.82) is 0 Å². The average Bonchev–Trinajstić information content (AvgIpc) is 2.52. The van der Waals surface area contributed by atoms with Crippen molar-refractivity contribution >= 4 is 12.6 Å². The highest BCUT2D eigenvalue weighted by atomic mass is 32.1. The van der Waals surface area contributed by atoms with Crippen molar-refractivity contribution < 1.29 is 0 Å². The lowest BCUT2D eigenvalue weighted by molar-refractivity contribution is 0.693. The Kier molecular flexibility index (Phi) is 3.45. The van der Waals surface area contributed by atoms with Gasteiger partial charge in [-0.2, -0.15) is 12.6 Å². The van der Waals surface area contributed by atoms with E-state index in [1.807, 2.05) is 6.20 Å². The molecule has 62 valence electrons. The standard InChI is InChI=1S/C7H13N3S/c1-2-8-5-6(11)7-9-3-4-10-7/h3-4,6,8,11H,2,5H2,1H3,(H,9,10). The van der Waals surface area contributed by atoms with E-state index >= 15 is 0 Å². The van der Waals surface area contributed by atoms with Crippen LogP contribution >= 0.6 is 12.6 Å². The van der Waals surface area contributed by atoms with Gasteiger partial charge in [0, 0.05) is 18.9 Å². The van der Waals surface area contributed by atoms with E-state index in [1.54, 1.807) is 6.20 Å². The van der Waals surface area contributed by atoms with Gasteiger partial charge in [-0.25, -0.2) is 4.98 Å². The molecule has 0 aliphatic carbocycles. The van der Waals surface area contributed by atoms with E-state index in [-0.39, 0.29) is 5.25 Å². The van der Waals surface area contributed by atoms with Gasteiger partial charge in [0.25, 0.3) is 0 Å². The maximum absolute atomic E-state index is 4.36. The van der Waals surface area contributed by atoms with Crippen LogP contribution in [0.15, 0.2) is 12.4 Å². The van der Waals surface area contributed by atoms with Crippen LogP contribution in [0.5, 0.6) is 0 Å². The molecular formula is C7H13N3S. The normalized spacial score (nSPS) is 13.3. The Morgan fingerprint density at radius 3 is 3.18 bits per heavy atom. The summed E-state index contributed by atoms with van der Waals surface area (Å²) in [5.41, 5.74) is 0. The summed E-state index contributed by atoms with van der Waals surface area (Å²) in [6.45, 7) is 3.90. The molecule has 1 atom stereocenters. The van der Waals surface area contributed by atoms with Gasteiger partial charge in [0.05, 0.1) is 5.25 Å². The zero-order valence-corrected chi connectivity index (χ0v) is 7.44. The largest absolute Gasteiger partial charge is 0.348 e. The Morgan fingerprint density at radius 1 is 1.82 bits per heavy atom. The Balaban J connectivity index is 2.36. The third-order valence-corrected chi connectivity index (χ3v) is 1.85. The molecule has 1 unspecified atom stereocenters. The quantitative estimate of drug-likeness (QED) is 0.591. The van der Waals surface area contributed by atoms with Gasteiger partial charge in [-0.3, -0.25) is 0 Å². The predicted octanol–water partition coefficient (Wildman–Crippen LogP) is 0.990. The van der Waals surface area contributed by atoms with E-state index in [4.69, 9.17) is 0 Å². The van der Waals surface area contributed by atoms with Crippen molar-refractivity contribution in [2.75, 3.05) is 13.1 Å². The fraction of sp³-hybridized carbons (Fsp3) is 0.571. The summed E-state index contributed by atoms with van der Waals surface area (Å²) in [6, 6.07) is 0. The molecule has 3 nitrogen and oxygen atoms in total. The van der Waals surface area contributed by atoms with Gasteiger partial charge >= 0.3 is 0 Å². The van der Waals surface area contributed by atoms with Crippen LogP contribution in [-0.2, 0) is 0 Å². The van der Waals surface area contributed by atoms with Gasteiger partial charge in [-0.05, 0) is 6.54 Å². The van der Waals surface area contributed by atoms with Crippen LogP contribution in [-0.4, -0.2) is 23.1 Å². The lowest BCUT2D eigenvalue weighted by atomic mass is 10.4. The van der Waals surface area contributed by atoms with Gasteiger partial charge in [0.2, 0.25) is 0 Å². The Bertz CT molecular complexity index is 186. The molecule has 4 heteroatoms. The summed E-state index contributed by atoms with van der Waals surface area (Å²) >= 11 is 4.36. The molecule has 0 saturated heterocycles. The minimum absolute atomic E-state index is 0.171. The van der Waals surface area contributed by atoms with E-state index in [0.717, 1.165) is 18.9 Å². The number of likely N-dealkylation sites (N-methyl/N-ethyl adjacent to an activating group) is 1. The van der Waals surface area contributed by atoms with Crippen LogP contribution in [0.3, 0.4) is 0 Å². The first kappa shape index (κ1) is 8.62. The average molecular weight is 171 g/mol. The fourth-order valence-corrected chi connectivity index (χ4v) is 1.11.